The topological polar surface area (TPSA) is 127 Å². The summed E-state index contributed by atoms with van der Waals surface area (Å²) in [7, 11) is 1.33. The predicted octanol–water partition coefficient (Wildman–Crippen LogP) is -0.567. The molecule has 2 aromatic heterocycles. The van der Waals surface area contributed by atoms with Crippen molar-refractivity contribution < 1.29 is 9.53 Å². The van der Waals surface area contributed by atoms with Gasteiger partial charge in [0, 0.05) is 0 Å². The Kier molecular flexibility index (Phi) is 1.98. The minimum atomic E-state index is -0.753. The Morgan fingerprint density at radius 3 is 2.72 bits per heavy atom. The average Bonchev–Trinajstić information content (AvgIpc) is 3.03. The van der Waals surface area contributed by atoms with E-state index in [1.807, 2.05) is 0 Å². The van der Waals surface area contributed by atoms with Crippen molar-refractivity contribution in [1.29, 1.82) is 0 Å². The highest BCUT2D eigenvalue weighted by molar-refractivity contribution is 5.86. The molecule has 8 heteroatoms. The largest absolute Gasteiger partial charge is 0.468 e. The summed E-state index contributed by atoms with van der Waals surface area (Å²) >= 11 is 0. The maximum absolute atomic E-state index is 11.7. The molecule has 0 aliphatic heterocycles. The fourth-order valence-corrected chi connectivity index (χ4v) is 2.01. The summed E-state index contributed by atoms with van der Waals surface area (Å²) in [6.45, 7) is 0. The molecule has 0 bridgehead atoms. The number of carbonyl (C=O) groups is 1. The van der Waals surface area contributed by atoms with Crippen LogP contribution in [0.5, 0.6) is 0 Å². The predicted molar refractivity (Wildman–Crippen MR) is 61.8 cm³/mol. The molecule has 1 saturated carbocycles. The van der Waals surface area contributed by atoms with Crippen LogP contribution in [-0.4, -0.2) is 33.0 Å². The van der Waals surface area contributed by atoms with Crippen molar-refractivity contribution in [3.05, 3.63) is 16.2 Å². The number of imidazole rings is 1. The number of fused-ring (bicyclic) bond motifs is 1. The normalized spacial score (nSPS) is 16.7. The number of hydrogen-bond donors (Lipinski definition) is 3. The minimum Gasteiger partial charge on any atom is -0.468 e. The molecule has 0 aromatic carbocycles. The first-order chi connectivity index (χ1) is 8.56. The molecule has 0 spiro atoms. The number of nitrogen functional groups attached to an aromatic ring is 1. The van der Waals surface area contributed by atoms with E-state index in [2.05, 4.69) is 19.9 Å². The van der Waals surface area contributed by atoms with Gasteiger partial charge in [-0.05, 0) is 12.8 Å². The van der Waals surface area contributed by atoms with Crippen LogP contribution in [0, 0.1) is 0 Å². The third-order valence-electron chi connectivity index (χ3n) is 3.16. The van der Waals surface area contributed by atoms with Gasteiger partial charge in [-0.1, -0.05) is 0 Å². The van der Waals surface area contributed by atoms with Crippen LogP contribution in [0.1, 0.15) is 18.7 Å². The van der Waals surface area contributed by atoms with Gasteiger partial charge in [0.2, 0.25) is 5.95 Å². The van der Waals surface area contributed by atoms with Gasteiger partial charge in [-0.2, -0.15) is 4.98 Å². The number of aromatic nitrogens is 4. The van der Waals surface area contributed by atoms with Crippen molar-refractivity contribution in [3.63, 3.8) is 0 Å². The van der Waals surface area contributed by atoms with Gasteiger partial charge in [-0.3, -0.25) is 14.6 Å². The highest BCUT2D eigenvalue weighted by Crippen LogP contribution is 2.47. The lowest BCUT2D eigenvalue weighted by molar-refractivity contribution is -0.143. The average molecular weight is 249 g/mol. The number of rotatable bonds is 2. The maximum atomic E-state index is 11.7. The second kappa shape index (κ2) is 3.31. The molecule has 0 atom stereocenters. The van der Waals surface area contributed by atoms with E-state index in [4.69, 9.17) is 10.5 Å². The van der Waals surface area contributed by atoms with Crippen LogP contribution >= 0.6 is 0 Å². The molecule has 2 aromatic rings. The summed E-state index contributed by atoms with van der Waals surface area (Å²) in [4.78, 5) is 36.6. The van der Waals surface area contributed by atoms with Crippen molar-refractivity contribution >= 4 is 23.1 Å². The lowest BCUT2D eigenvalue weighted by Crippen LogP contribution is -2.23. The van der Waals surface area contributed by atoms with Gasteiger partial charge in [-0.25, -0.2) is 4.98 Å². The molecule has 3 rings (SSSR count). The third kappa shape index (κ3) is 1.31. The number of hydrogen-bond acceptors (Lipinski definition) is 6. The molecule has 0 unspecified atom stereocenters. The maximum Gasteiger partial charge on any atom is 0.319 e. The molecule has 0 radical (unpaired) electrons. The highest BCUT2D eigenvalue weighted by Gasteiger charge is 2.55. The van der Waals surface area contributed by atoms with E-state index in [-0.39, 0.29) is 23.1 Å². The van der Waals surface area contributed by atoms with Crippen molar-refractivity contribution in [2.24, 2.45) is 0 Å². The summed E-state index contributed by atoms with van der Waals surface area (Å²) in [6.07, 6.45) is 1.29. The van der Waals surface area contributed by atoms with Crippen molar-refractivity contribution in [2.75, 3.05) is 12.8 Å². The quantitative estimate of drug-likeness (QED) is 0.612. The first-order valence-electron chi connectivity index (χ1n) is 5.41. The lowest BCUT2D eigenvalue weighted by Gasteiger charge is -2.08. The van der Waals surface area contributed by atoms with E-state index in [0.717, 1.165) is 0 Å². The molecule has 1 fully saturated rings. The lowest BCUT2D eigenvalue weighted by atomic mass is 10.1. The van der Waals surface area contributed by atoms with Gasteiger partial charge in [0.05, 0.1) is 7.11 Å². The first-order valence-corrected chi connectivity index (χ1v) is 5.41. The zero-order chi connectivity index (χ0) is 12.9. The molecule has 8 nitrogen and oxygen atoms in total. The molecule has 94 valence electrons. The van der Waals surface area contributed by atoms with Gasteiger partial charge in [0.15, 0.2) is 11.2 Å². The van der Waals surface area contributed by atoms with E-state index < -0.39 is 11.0 Å². The van der Waals surface area contributed by atoms with Crippen molar-refractivity contribution in [1.82, 2.24) is 19.9 Å². The van der Waals surface area contributed by atoms with Gasteiger partial charge in [0.25, 0.3) is 5.56 Å². The van der Waals surface area contributed by atoms with E-state index in [0.29, 0.717) is 18.7 Å². The van der Waals surface area contributed by atoms with Crippen molar-refractivity contribution in [3.8, 4) is 0 Å². The fourth-order valence-electron chi connectivity index (χ4n) is 2.01. The number of nitrogens with two attached hydrogens (primary N) is 1. The number of methoxy groups -OCH3 is 1. The molecule has 0 saturated heterocycles. The van der Waals surface area contributed by atoms with E-state index in [1.165, 1.54) is 7.11 Å². The summed E-state index contributed by atoms with van der Waals surface area (Å²) in [6, 6.07) is 0. The Morgan fingerprint density at radius 1 is 1.39 bits per heavy atom. The summed E-state index contributed by atoms with van der Waals surface area (Å²) in [5, 5.41) is 0. The summed E-state index contributed by atoms with van der Waals surface area (Å²) in [5.41, 5.74) is 4.70. The minimum absolute atomic E-state index is 0.00605. The number of ether oxygens (including phenoxy) is 1. The number of carbonyl (C=O) groups excluding carboxylic acids is 1. The number of nitrogens with one attached hydrogen (secondary N) is 2. The second-order valence-electron chi connectivity index (χ2n) is 4.31. The Hall–Kier alpha value is -2.38. The Labute approximate surface area is 101 Å². The van der Waals surface area contributed by atoms with E-state index >= 15 is 0 Å². The summed E-state index contributed by atoms with van der Waals surface area (Å²) < 4.78 is 4.75. The number of esters is 1. The number of aromatic amines is 2. The Morgan fingerprint density at radius 2 is 2.11 bits per heavy atom. The second-order valence-corrected chi connectivity index (χ2v) is 4.31. The first kappa shape index (κ1) is 10.8. The zero-order valence-electron chi connectivity index (χ0n) is 9.61. The third-order valence-corrected chi connectivity index (χ3v) is 3.16. The molecule has 1 aliphatic rings. The van der Waals surface area contributed by atoms with Crippen molar-refractivity contribution in [2.45, 2.75) is 18.3 Å². The van der Waals surface area contributed by atoms with Gasteiger partial charge in [0.1, 0.15) is 11.2 Å². The molecular formula is C10H11N5O3. The molecule has 1 aliphatic carbocycles. The Balaban J connectivity index is 2.18. The SMILES string of the molecule is COC(=O)C1(c2nc3nc(N)[nH]c(=O)c3[nH]2)CC1. The fraction of sp³-hybridized carbons (Fsp3) is 0.400. The Bertz CT molecular complexity index is 697. The highest BCUT2D eigenvalue weighted by atomic mass is 16.5. The number of H-pyrrole nitrogens is 2. The zero-order valence-corrected chi connectivity index (χ0v) is 9.61. The van der Waals surface area contributed by atoms with E-state index in [1.54, 1.807) is 0 Å². The van der Waals surface area contributed by atoms with E-state index in [9.17, 15) is 9.59 Å². The van der Waals surface area contributed by atoms with Gasteiger partial charge >= 0.3 is 5.97 Å². The smallest absolute Gasteiger partial charge is 0.319 e. The summed E-state index contributed by atoms with van der Waals surface area (Å²) in [5.74, 6) is 0.0485. The van der Waals surface area contributed by atoms with Crippen LogP contribution in [0.4, 0.5) is 5.95 Å². The molecule has 2 heterocycles. The standard InChI is InChI=1S/C10H11N5O3/c1-18-8(17)10(2-3-10)7-12-4-5(13-7)14-9(11)15-6(4)16/h2-3H2,1H3,(H4,11,12,13,14,15,16). The van der Waals surface area contributed by atoms with Crippen LogP contribution in [0.15, 0.2) is 4.79 Å². The van der Waals surface area contributed by atoms with Crippen LogP contribution in [-0.2, 0) is 14.9 Å². The van der Waals surface area contributed by atoms with Crippen LogP contribution < -0.4 is 11.3 Å². The van der Waals surface area contributed by atoms with Gasteiger partial charge < -0.3 is 15.5 Å². The van der Waals surface area contributed by atoms with Gasteiger partial charge in [-0.15, -0.1) is 0 Å². The molecule has 18 heavy (non-hydrogen) atoms. The van der Waals surface area contributed by atoms with Crippen LogP contribution in [0.2, 0.25) is 0 Å². The van der Waals surface area contributed by atoms with Crippen LogP contribution in [0.25, 0.3) is 11.2 Å². The van der Waals surface area contributed by atoms with Crippen LogP contribution in [0.3, 0.4) is 0 Å². The molecule has 4 N–H and O–H groups in total. The molecular weight excluding hydrogens is 238 g/mol. The molecule has 0 amide bonds. The monoisotopic (exact) mass is 249 g/mol. The number of nitrogens with zero attached hydrogens (tertiary/aromatic N) is 2. The number of anilines is 1.